The summed E-state index contributed by atoms with van der Waals surface area (Å²) in [5, 5.41) is 0. The molecular formula is C12H17NO2. The maximum Gasteiger partial charge on any atom is 0.314 e. The van der Waals surface area contributed by atoms with Gasteiger partial charge >= 0.3 is 5.97 Å². The van der Waals surface area contributed by atoms with E-state index in [0.717, 1.165) is 11.1 Å². The highest BCUT2D eigenvalue weighted by molar-refractivity contribution is 5.78. The highest BCUT2D eigenvalue weighted by Crippen LogP contribution is 2.21. The lowest BCUT2D eigenvalue weighted by atomic mass is 9.94. The number of hydrogen-bond donors (Lipinski definition) is 1. The Morgan fingerprint density at radius 2 is 2.13 bits per heavy atom. The van der Waals surface area contributed by atoms with Gasteiger partial charge in [-0.3, -0.25) is 4.79 Å². The Kier molecular flexibility index (Phi) is 3.86. The minimum Gasteiger partial charge on any atom is -0.469 e. The summed E-state index contributed by atoms with van der Waals surface area (Å²) in [5.41, 5.74) is 8.80. The molecule has 0 spiro atoms. The fourth-order valence-electron chi connectivity index (χ4n) is 1.71. The van der Waals surface area contributed by atoms with Crippen LogP contribution in [0.4, 0.5) is 0 Å². The van der Waals surface area contributed by atoms with Gasteiger partial charge in [-0.05, 0) is 25.0 Å². The minimum atomic E-state index is -0.351. The van der Waals surface area contributed by atoms with Crippen molar-refractivity contribution in [1.29, 1.82) is 0 Å². The van der Waals surface area contributed by atoms with Gasteiger partial charge in [-0.25, -0.2) is 0 Å². The summed E-state index contributed by atoms with van der Waals surface area (Å²) in [4.78, 5) is 11.5. The molecule has 3 nitrogen and oxygen atoms in total. The lowest BCUT2D eigenvalue weighted by Gasteiger charge is -2.15. The van der Waals surface area contributed by atoms with Gasteiger partial charge in [-0.2, -0.15) is 0 Å². The van der Waals surface area contributed by atoms with E-state index in [0.29, 0.717) is 0 Å². The van der Waals surface area contributed by atoms with Crippen molar-refractivity contribution >= 4 is 5.97 Å². The van der Waals surface area contributed by atoms with Crippen molar-refractivity contribution in [3.63, 3.8) is 0 Å². The molecular weight excluding hydrogens is 190 g/mol. The number of carbonyl (C=O) groups is 1. The second-order valence-corrected chi connectivity index (χ2v) is 3.67. The van der Waals surface area contributed by atoms with Crippen molar-refractivity contribution in [2.75, 3.05) is 13.7 Å². The molecule has 0 aliphatic carbocycles. The zero-order chi connectivity index (χ0) is 11.4. The fraction of sp³-hybridized carbons (Fsp3) is 0.417. The first kappa shape index (κ1) is 11.7. The second-order valence-electron chi connectivity index (χ2n) is 3.67. The minimum absolute atomic E-state index is 0.274. The number of nitrogens with two attached hydrogens (primary N) is 1. The molecule has 2 N–H and O–H groups in total. The van der Waals surface area contributed by atoms with Crippen molar-refractivity contribution in [3.8, 4) is 0 Å². The zero-order valence-electron chi connectivity index (χ0n) is 9.41. The van der Waals surface area contributed by atoms with Gasteiger partial charge in [0.1, 0.15) is 0 Å². The Balaban J connectivity index is 3.07. The molecule has 0 saturated carbocycles. The number of ether oxygens (including phenoxy) is 1. The lowest BCUT2D eigenvalue weighted by molar-refractivity contribution is -0.142. The standard InChI is InChI=1S/C12H17NO2/c1-8-4-5-10(9(2)6-8)11(7-13)12(14)15-3/h4-6,11H,7,13H2,1-3H3. The molecule has 0 radical (unpaired) electrons. The van der Waals surface area contributed by atoms with Gasteiger partial charge in [0.15, 0.2) is 0 Å². The smallest absolute Gasteiger partial charge is 0.314 e. The quantitative estimate of drug-likeness (QED) is 0.764. The summed E-state index contributed by atoms with van der Waals surface area (Å²) in [6, 6.07) is 5.97. The van der Waals surface area contributed by atoms with E-state index in [2.05, 4.69) is 0 Å². The molecule has 0 aliphatic rings. The fourth-order valence-corrected chi connectivity index (χ4v) is 1.71. The van der Waals surface area contributed by atoms with Crippen LogP contribution in [-0.4, -0.2) is 19.6 Å². The van der Waals surface area contributed by atoms with E-state index in [9.17, 15) is 4.79 Å². The summed E-state index contributed by atoms with van der Waals surface area (Å²) in [5.74, 6) is -0.625. The molecule has 1 rings (SSSR count). The van der Waals surface area contributed by atoms with Crippen LogP contribution < -0.4 is 5.73 Å². The third kappa shape index (κ3) is 2.57. The van der Waals surface area contributed by atoms with Gasteiger partial charge in [0.05, 0.1) is 13.0 Å². The van der Waals surface area contributed by atoms with Crippen LogP contribution in [0.25, 0.3) is 0 Å². The zero-order valence-corrected chi connectivity index (χ0v) is 9.41. The molecule has 1 aromatic carbocycles. The van der Waals surface area contributed by atoms with Crippen LogP contribution >= 0.6 is 0 Å². The van der Waals surface area contributed by atoms with Crippen LogP contribution in [0.15, 0.2) is 18.2 Å². The normalized spacial score (nSPS) is 12.3. The van der Waals surface area contributed by atoms with Gasteiger partial charge < -0.3 is 10.5 Å². The molecule has 0 aromatic heterocycles. The van der Waals surface area contributed by atoms with Gasteiger partial charge in [0.2, 0.25) is 0 Å². The number of rotatable bonds is 3. The topological polar surface area (TPSA) is 52.3 Å². The Labute approximate surface area is 90.2 Å². The van der Waals surface area contributed by atoms with E-state index < -0.39 is 0 Å². The number of hydrogen-bond acceptors (Lipinski definition) is 3. The predicted octanol–water partition coefficient (Wildman–Crippen LogP) is 1.52. The van der Waals surface area contributed by atoms with Crippen LogP contribution in [0, 0.1) is 13.8 Å². The molecule has 0 aliphatic heterocycles. The molecule has 1 unspecified atom stereocenters. The summed E-state index contributed by atoms with van der Waals surface area (Å²) in [6.45, 7) is 4.27. The van der Waals surface area contributed by atoms with Gasteiger partial charge in [-0.15, -0.1) is 0 Å². The van der Waals surface area contributed by atoms with Gasteiger partial charge in [0.25, 0.3) is 0 Å². The monoisotopic (exact) mass is 207 g/mol. The first-order valence-corrected chi connectivity index (χ1v) is 4.95. The maximum absolute atomic E-state index is 11.5. The van der Waals surface area contributed by atoms with Crippen LogP contribution in [0.1, 0.15) is 22.6 Å². The average molecular weight is 207 g/mol. The third-order valence-corrected chi connectivity index (χ3v) is 2.52. The SMILES string of the molecule is COC(=O)C(CN)c1ccc(C)cc1C. The number of esters is 1. The molecule has 0 bridgehead atoms. The average Bonchev–Trinajstić information content (AvgIpc) is 2.21. The summed E-state index contributed by atoms with van der Waals surface area (Å²) in [6.07, 6.45) is 0. The molecule has 82 valence electrons. The van der Waals surface area contributed by atoms with Crippen LogP contribution in [-0.2, 0) is 9.53 Å². The third-order valence-electron chi connectivity index (χ3n) is 2.52. The van der Waals surface area contributed by atoms with E-state index in [-0.39, 0.29) is 18.4 Å². The van der Waals surface area contributed by atoms with E-state index in [1.54, 1.807) is 0 Å². The van der Waals surface area contributed by atoms with Crippen molar-refractivity contribution in [1.82, 2.24) is 0 Å². The molecule has 15 heavy (non-hydrogen) atoms. The summed E-state index contributed by atoms with van der Waals surface area (Å²) in [7, 11) is 1.38. The van der Waals surface area contributed by atoms with Crippen LogP contribution in [0.2, 0.25) is 0 Å². The van der Waals surface area contributed by atoms with Crippen molar-refractivity contribution in [2.24, 2.45) is 5.73 Å². The summed E-state index contributed by atoms with van der Waals surface area (Å²) < 4.78 is 4.72. The van der Waals surface area contributed by atoms with E-state index >= 15 is 0 Å². The molecule has 3 heteroatoms. The largest absolute Gasteiger partial charge is 0.469 e. The maximum atomic E-state index is 11.5. The summed E-state index contributed by atoms with van der Waals surface area (Å²) >= 11 is 0. The lowest BCUT2D eigenvalue weighted by Crippen LogP contribution is -2.23. The Bertz CT molecular complexity index is 361. The highest BCUT2D eigenvalue weighted by Gasteiger charge is 2.21. The van der Waals surface area contributed by atoms with Crippen molar-refractivity contribution in [3.05, 3.63) is 34.9 Å². The van der Waals surface area contributed by atoms with Gasteiger partial charge in [0, 0.05) is 6.54 Å². The molecule has 0 fully saturated rings. The highest BCUT2D eigenvalue weighted by atomic mass is 16.5. The first-order chi connectivity index (χ1) is 7.10. The molecule has 0 amide bonds. The van der Waals surface area contributed by atoms with Gasteiger partial charge in [-0.1, -0.05) is 23.8 Å². The van der Waals surface area contributed by atoms with Crippen molar-refractivity contribution in [2.45, 2.75) is 19.8 Å². The predicted molar refractivity (Wildman–Crippen MR) is 59.7 cm³/mol. The molecule has 1 aromatic rings. The number of carbonyl (C=O) groups excluding carboxylic acids is 1. The van der Waals surface area contributed by atoms with Crippen LogP contribution in [0.3, 0.4) is 0 Å². The number of aryl methyl sites for hydroxylation is 2. The Morgan fingerprint density at radius 1 is 1.47 bits per heavy atom. The molecule has 0 heterocycles. The first-order valence-electron chi connectivity index (χ1n) is 4.95. The van der Waals surface area contributed by atoms with E-state index in [1.807, 2.05) is 32.0 Å². The van der Waals surface area contributed by atoms with E-state index in [1.165, 1.54) is 12.7 Å². The Hall–Kier alpha value is -1.35. The number of methoxy groups -OCH3 is 1. The van der Waals surface area contributed by atoms with Crippen molar-refractivity contribution < 1.29 is 9.53 Å². The van der Waals surface area contributed by atoms with Crippen LogP contribution in [0.5, 0.6) is 0 Å². The Morgan fingerprint density at radius 3 is 2.60 bits per heavy atom. The molecule has 0 saturated heterocycles. The number of benzene rings is 1. The molecule has 1 atom stereocenters. The second kappa shape index (κ2) is 4.94. The van der Waals surface area contributed by atoms with E-state index in [4.69, 9.17) is 10.5 Å².